The van der Waals surface area contributed by atoms with E-state index < -0.39 is 0 Å². The summed E-state index contributed by atoms with van der Waals surface area (Å²) in [4.78, 5) is 9.12. The third-order valence-corrected chi connectivity index (χ3v) is 6.58. The first-order valence-corrected chi connectivity index (χ1v) is 12.4. The van der Waals surface area contributed by atoms with Crippen molar-refractivity contribution in [2.75, 3.05) is 0 Å². The van der Waals surface area contributed by atoms with Crippen LogP contribution in [-0.4, -0.2) is 14.5 Å². The van der Waals surface area contributed by atoms with Gasteiger partial charge in [-0.05, 0) is 40.7 Å². The zero-order chi connectivity index (χ0) is 25.3. The van der Waals surface area contributed by atoms with E-state index in [0.29, 0.717) is 11.6 Å². The van der Waals surface area contributed by atoms with Gasteiger partial charge in [0.05, 0.1) is 0 Å². The maximum Gasteiger partial charge on any atom is 2.00 e. The minimum absolute atomic E-state index is 0. The summed E-state index contributed by atoms with van der Waals surface area (Å²) in [6.45, 7) is 0. The molecule has 3 aromatic heterocycles. The molecule has 0 unspecified atom stereocenters. The van der Waals surface area contributed by atoms with Gasteiger partial charge in [-0.25, -0.2) is 21.1 Å². The number of fused-ring (bicyclic) bond motifs is 3. The first-order chi connectivity index (χ1) is 18.8. The van der Waals surface area contributed by atoms with E-state index >= 15 is 0 Å². The number of pyridine rings is 2. The predicted octanol–water partition coefficient (Wildman–Crippen LogP) is 8.30. The van der Waals surface area contributed by atoms with Gasteiger partial charge in [0.2, 0.25) is 5.88 Å². The van der Waals surface area contributed by atoms with Crippen LogP contribution in [-0.2, 0) is 21.1 Å². The van der Waals surface area contributed by atoms with Crippen LogP contribution in [0, 0.1) is 12.1 Å². The van der Waals surface area contributed by atoms with Crippen molar-refractivity contribution in [3.63, 3.8) is 0 Å². The van der Waals surface area contributed by atoms with E-state index in [9.17, 15) is 0 Å². The number of benzene rings is 4. The van der Waals surface area contributed by atoms with Crippen molar-refractivity contribution in [3.8, 4) is 39.7 Å². The van der Waals surface area contributed by atoms with Crippen LogP contribution in [0.15, 0.2) is 128 Å². The quantitative estimate of drug-likeness (QED) is 0.172. The Bertz CT molecular complexity index is 1880. The zero-order valence-electron chi connectivity index (χ0n) is 20.7. The van der Waals surface area contributed by atoms with Gasteiger partial charge >= 0.3 is 21.1 Å². The Kier molecular flexibility index (Phi) is 6.79. The van der Waals surface area contributed by atoms with E-state index in [0.717, 1.165) is 49.9 Å². The molecule has 0 atom stereocenters. The maximum atomic E-state index is 5.92. The average Bonchev–Trinajstić information content (AvgIpc) is 3.32. The van der Waals surface area contributed by atoms with Crippen LogP contribution in [0.25, 0.3) is 49.9 Å². The van der Waals surface area contributed by atoms with Crippen LogP contribution >= 0.6 is 0 Å². The van der Waals surface area contributed by atoms with E-state index in [1.165, 1.54) is 0 Å². The summed E-state index contributed by atoms with van der Waals surface area (Å²) in [5.74, 6) is 1.99. The van der Waals surface area contributed by atoms with E-state index in [4.69, 9.17) is 9.72 Å². The van der Waals surface area contributed by atoms with E-state index in [1.807, 2.05) is 60.8 Å². The van der Waals surface area contributed by atoms with Crippen LogP contribution in [0.1, 0.15) is 0 Å². The summed E-state index contributed by atoms with van der Waals surface area (Å²) in [6.07, 6.45) is 3.64. The Morgan fingerprint density at radius 1 is 0.590 bits per heavy atom. The molecule has 3 heterocycles. The first kappa shape index (κ1) is 24.8. The fourth-order valence-corrected chi connectivity index (χ4v) is 4.79. The number of hydrogen-bond acceptors (Lipinski definition) is 3. The molecule has 0 bridgehead atoms. The Hall–Kier alpha value is -4.53. The predicted molar refractivity (Wildman–Crippen MR) is 151 cm³/mol. The van der Waals surface area contributed by atoms with E-state index in [2.05, 4.69) is 82.3 Å². The van der Waals surface area contributed by atoms with Crippen LogP contribution in [0.3, 0.4) is 0 Å². The Morgan fingerprint density at radius 3 is 2.23 bits per heavy atom. The molecule has 0 radical (unpaired) electrons. The number of aromatic nitrogens is 3. The largest absolute Gasteiger partial charge is 2.00 e. The fraction of sp³-hybridized carbons (Fsp3) is 0. The zero-order valence-corrected chi connectivity index (χ0v) is 23.0. The molecule has 188 valence electrons. The molecule has 0 amide bonds. The smallest absolute Gasteiger partial charge is 0.460 e. The van der Waals surface area contributed by atoms with Crippen molar-refractivity contribution in [2.45, 2.75) is 0 Å². The molecule has 7 aromatic rings. The molecule has 0 aliphatic heterocycles. The van der Waals surface area contributed by atoms with Crippen molar-refractivity contribution in [1.29, 1.82) is 0 Å². The second-order valence-electron chi connectivity index (χ2n) is 8.96. The molecule has 0 aliphatic carbocycles. The first-order valence-electron chi connectivity index (χ1n) is 12.4. The van der Waals surface area contributed by atoms with Crippen LogP contribution in [0.5, 0.6) is 11.6 Å². The third-order valence-electron chi connectivity index (χ3n) is 6.58. The van der Waals surface area contributed by atoms with Gasteiger partial charge in [-0.3, -0.25) is 0 Å². The third kappa shape index (κ3) is 4.76. The summed E-state index contributed by atoms with van der Waals surface area (Å²) in [5.41, 5.74) is 6.10. The normalized spacial score (nSPS) is 10.9. The summed E-state index contributed by atoms with van der Waals surface area (Å²) in [5, 5.41) is 2.29. The SMILES string of the molecule is [Pt+2].[c-]1c(Oc2ccccn2)cccc1-c1[c-]c2c(cc1)c1ccccc1n2-c1ccc(-c2ccccc2)cn1. The fourth-order valence-electron chi connectivity index (χ4n) is 4.79. The minimum atomic E-state index is 0. The van der Waals surface area contributed by atoms with Gasteiger partial charge in [0.15, 0.2) is 0 Å². The molecule has 0 aliphatic rings. The van der Waals surface area contributed by atoms with Gasteiger partial charge in [-0.1, -0.05) is 60.0 Å². The minimum Gasteiger partial charge on any atom is -0.460 e. The maximum absolute atomic E-state index is 5.92. The molecule has 39 heavy (non-hydrogen) atoms. The van der Waals surface area contributed by atoms with Gasteiger partial charge in [-0.15, -0.1) is 18.2 Å². The van der Waals surface area contributed by atoms with Crippen molar-refractivity contribution in [2.24, 2.45) is 0 Å². The molecule has 0 saturated heterocycles. The molecular formula is C34H21N3OPt. The number of rotatable bonds is 5. The molecule has 0 fully saturated rings. The summed E-state index contributed by atoms with van der Waals surface area (Å²) < 4.78 is 8.10. The molecule has 5 heteroatoms. The Morgan fingerprint density at radius 2 is 1.41 bits per heavy atom. The molecule has 4 nitrogen and oxygen atoms in total. The number of hydrogen-bond donors (Lipinski definition) is 0. The topological polar surface area (TPSA) is 39.9 Å². The molecule has 4 aromatic carbocycles. The van der Waals surface area contributed by atoms with Crippen LogP contribution in [0.2, 0.25) is 0 Å². The van der Waals surface area contributed by atoms with Crippen molar-refractivity contribution in [3.05, 3.63) is 140 Å². The second-order valence-corrected chi connectivity index (χ2v) is 8.96. The van der Waals surface area contributed by atoms with Gasteiger partial charge in [-0.2, -0.15) is 24.3 Å². The van der Waals surface area contributed by atoms with Gasteiger partial charge < -0.3 is 9.30 Å². The molecule has 0 spiro atoms. The van der Waals surface area contributed by atoms with Crippen LogP contribution < -0.4 is 4.74 Å². The molecule has 0 N–H and O–H groups in total. The monoisotopic (exact) mass is 682 g/mol. The number of ether oxygens (including phenoxy) is 1. The van der Waals surface area contributed by atoms with Crippen molar-refractivity contribution in [1.82, 2.24) is 14.5 Å². The average molecular weight is 683 g/mol. The van der Waals surface area contributed by atoms with E-state index in [1.54, 1.807) is 6.20 Å². The second kappa shape index (κ2) is 10.7. The number of para-hydroxylation sites is 1. The van der Waals surface area contributed by atoms with E-state index in [-0.39, 0.29) is 21.1 Å². The van der Waals surface area contributed by atoms with Crippen LogP contribution in [0.4, 0.5) is 0 Å². The van der Waals surface area contributed by atoms with Gasteiger partial charge in [0.25, 0.3) is 0 Å². The Balaban J connectivity index is 0.00000277. The van der Waals surface area contributed by atoms with Crippen molar-refractivity contribution < 1.29 is 25.8 Å². The molecule has 0 saturated carbocycles. The standard InChI is InChI=1S/C34H21N3O.Pt/c1-2-9-24(10-3-1)27-17-19-33(36-23-27)37-31-14-5-4-13-29(31)30-18-16-26(22-32(30)37)25-11-8-12-28(21-25)38-34-15-6-7-20-35-34;/h1-20,23H;/q-2;+2. The molecule has 7 rings (SSSR count). The van der Waals surface area contributed by atoms with Crippen molar-refractivity contribution >= 4 is 21.8 Å². The van der Waals surface area contributed by atoms with Gasteiger partial charge in [0.1, 0.15) is 5.82 Å². The Labute approximate surface area is 240 Å². The summed E-state index contributed by atoms with van der Waals surface area (Å²) in [7, 11) is 0. The molecular weight excluding hydrogens is 661 g/mol. The van der Waals surface area contributed by atoms with Gasteiger partial charge in [0, 0.05) is 35.3 Å². The number of nitrogens with zero attached hydrogens (tertiary/aromatic N) is 3. The summed E-state index contributed by atoms with van der Waals surface area (Å²) in [6, 6.07) is 45.6. The summed E-state index contributed by atoms with van der Waals surface area (Å²) >= 11 is 0.